The van der Waals surface area contributed by atoms with Crippen molar-refractivity contribution in [3.63, 3.8) is 0 Å². The number of ether oxygens (including phenoxy) is 1. The highest BCUT2D eigenvalue weighted by Crippen LogP contribution is 2.33. The van der Waals surface area contributed by atoms with Gasteiger partial charge in [-0.05, 0) is 44.4 Å². The molecule has 1 unspecified atom stereocenters. The lowest BCUT2D eigenvalue weighted by molar-refractivity contribution is 0.184. The van der Waals surface area contributed by atoms with Crippen LogP contribution in [0.4, 0.5) is 0 Å². The molecule has 0 aliphatic carbocycles. The summed E-state index contributed by atoms with van der Waals surface area (Å²) in [5, 5.41) is 1.89. The summed E-state index contributed by atoms with van der Waals surface area (Å²) in [6.45, 7) is 4.22. The Balaban J connectivity index is 2.28. The number of fused-ring (bicyclic) bond motifs is 2. The Hall–Kier alpha value is -1.28. The highest BCUT2D eigenvalue weighted by molar-refractivity contribution is 6.31. The maximum Gasteiger partial charge on any atom is 0.217 e. The molecule has 2 heterocycles. The summed E-state index contributed by atoms with van der Waals surface area (Å²) in [5.74, 6) is 0.788. The van der Waals surface area contributed by atoms with Gasteiger partial charge in [0, 0.05) is 16.0 Å². The van der Waals surface area contributed by atoms with E-state index < -0.39 is 0 Å². The quantitative estimate of drug-likeness (QED) is 0.704. The second-order valence-electron chi connectivity index (χ2n) is 4.65. The number of aromatic nitrogens is 1. The van der Waals surface area contributed by atoms with Crippen molar-refractivity contribution in [1.82, 2.24) is 4.98 Å². The average Bonchev–Trinajstić information content (AvgIpc) is 2.28. The fraction of sp³-hybridized carbons (Fsp3) is 0.357. The fourth-order valence-corrected chi connectivity index (χ4v) is 2.57. The van der Waals surface area contributed by atoms with Crippen LogP contribution in [0.1, 0.15) is 24.5 Å². The van der Waals surface area contributed by atoms with E-state index in [-0.39, 0.29) is 6.10 Å². The lowest BCUT2D eigenvalue weighted by Gasteiger charge is -2.24. The maximum atomic E-state index is 6.00. The van der Waals surface area contributed by atoms with Gasteiger partial charge in [-0.25, -0.2) is 4.98 Å². The van der Waals surface area contributed by atoms with E-state index in [2.05, 4.69) is 18.8 Å². The largest absolute Gasteiger partial charge is 0.474 e. The Bertz CT molecular complexity index is 594. The van der Waals surface area contributed by atoms with E-state index >= 15 is 0 Å². The molecule has 0 saturated heterocycles. The Morgan fingerprint density at radius 2 is 2.24 bits per heavy atom. The first-order valence-electron chi connectivity index (χ1n) is 5.90. The minimum absolute atomic E-state index is 0.256. The van der Waals surface area contributed by atoms with Crippen LogP contribution in [0, 0.1) is 6.92 Å². The Morgan fingerprint density at radius 1 is 1.41 bits per heavy atom. The smallest absolute Gasteiger partial charge is 0.217 e. The standard InChI is InChI=1S/C14H14ClNO/c1-8-3-5-12-9(2)11-6-4-10(15)7-13(11)16-14(12)17-8/h4,6-8H,3,5H2,1-2H3. The van der Waals surface area contributed by atoms with Crippen LogP contribution in [0.25, 0.3) is 10.9 Å². The number of rotatable bonds is 0. The van der Waals surface area contributed by atoms with E-state index in [0.29, 0.717) is 5.02 Å². The van der Waals surface area contributed by atoms with Gasteiger partial charge in [-0.1, -0.05) is 17.7 Å². The molecule has 0 amide bonds. The predicted molar refractivity (Wildman–Crippen MR) is 69.9 cm³/mol. The van der Waals surface area contributed by atoms with Gasteiger partial charge < -0.3 is 4.74 Å². The van der Waals surface area contributed by atoms with E-state index in [1.807, 2.05) is 18.2 Å². The molecular formula is C14H14ClNO. The van der Waals surface area contributed by atoms with Gasteiger partial charge in [0.2, 0.25) is 5.88 Å². The molecule has 88 valence electrons. The number of halogens is 1. The molecule has 1 aliphatic heterocycles. The molecule has 0 saturated carbocycles. The molecule has 0 fully saturated rings. The van der Waals surface area contributed by atoms with Gasteiger partial charge in [-0.15, -0.1) is 0 Å². The zero-order valence-corrected chi connectivity index (χ0v) is 10.7. The normalized spacial score (nSPS) is 18.9. The molecule has 0 radical (unpaired) electrons. The third-order valence-corrected chi connectivity index (χ3v) is 3.65. The van der Waals surface area contributed by atoms with Gasteiger partial charge in [-0.3, -0.25) is 0 Å². The van der Waals surface area contributed by atoms with Crippen molar-refractivity contribution >= 4 is 22.5 Å². The number of aryl methyl sites for hydroxylation is 1. The van der Waals surface area contributed by atoms with Crippen LogP contribution >= 0.6 is 11.6 Å². The molecule has 0 bridgehead atoms. The molecule has 3 rings (SSSR count). The van der Waals surface area contributed by atoms with Crippen LogP contribution in [0.5, 0.6) is 5.88 Å². The Labute approximate surface area is 106 Å². The second kappa shape index (κ2) is 3.88. The highest BCUT2D eigenvalue weighted by atomic mass is 35.5. The van der Waals surface area contributed by atoms with E-state index in [4.69, 9.17) is 16.3 Å². The Morgan fingerprint density at radius 3 is 3.06 bits per heavy atom. The van der Waals surface area contributed by atoms with E-state index in [0.717, 1.165) is 24.2 Å². The van der Waals surface area contributed by atoms with Gasteiger partial charge in [0.25, 0.3) is 0 Å². The third-order valence-electron chi connectivity index (χ3n) is 3.41. The van der Waals surface area contributed by atoms with Crippen LogP contribution < -0.4 is 4.74 Å². The SMILES string of the molecule is Cc1c2c(nc3cc(Cl)ccc13)OC(C)CC2. The average molecular weight is 248 g/mol. The van der Waals surface area contributed by atoms with Crippen molar-refractivity contribution in [1.29, 1.82) is 0 Å². The van der Waals surface area contributed by atoms with Gasteiger partial charge in [0.1, 0.15) is 0 Å². The summed E-state index contributed by atoms with van der Waals surface area (Å²) in [6.07, 6.45) is 2.37. The van der Waals surface area contributed by atoms with Crippen molar-refractivity contribution in [3.05, 3.63) is 34.3 Å². The minimum Gasteiger partial charge on any atom is -0.474 e. The molecule has 2 aromatic rings. The first-order chi connectivity index (χ1) is 8.15. The number of nitrogens with zero attached hydrogens (tertiary/aromatic N) is 1. The van der Waals surface area contributed by atoms with Gasteiger partial charge >= 0.3 is 0 Å². The van der Waals surface area contributed by atoms with Crippen molar-refractivity contribution < 1.29 is 4.74 Å². The summed E-state index contributed by atoms with van der Waals surface area (Å²) < 4.78 is 5.81. The van der Waals surface area contributed by atoms with E-state index in [9.17, 15) is 0 Å². The zero-order chi connectivity index (χ0) is 12.0. The van der Waals surface area contributed by atoms with Crippen LogP contribution in [0.2, 0.25) is 5.02 Å². The lowest BCUT2D eigenvalue weighted by Crippen LogP contribution is -2.20. The molecule has 1 aliphatic rings. The number of pyridine rings is 1. The van der Waals surface area contributed by atoms with Crippen LogP contribution in [0.15, 0.2) is 18.2 Å². The number of hydrogen-bond acceptors (Lipinski definition) is 2. The Kier molecular flexibility index (Phi) is 2.48. The van der Waals surface area contributed by atoms with Crippen LogP contribution in [0.3, 0.4) is 0 Å². The molecule has 1 atom stereocenters. The fourth-order valence-electron chi connectivity index (χ4n) is 2.40. The molecular weight excluding hydrogens is 234 g/mol. The second-order valence-corrected chi connectivity index (χ2v) is 5.09. The molecule has 3 heteroatoms. The third kappa shape index (κ3) is 1.77. The van der Waals surface area contributed by atoms with Crippen molar-refractivity contribution in [2.45, 2.75) is 32.8 Å². The highest BCUT2D eigenvalue weighted by Gasteiger charge is 2.20. The monoisotopic (exact) mass is 247 g/mol. The first-order valence-corrected chi connectivity index (χ1v) is 6.28. The van der Waals surface area contributed by atoms with Gasteiger partial charge in [0.05, 0.1) is 11.6 Å². The molecule has 2 nitrogen and oxygen atoms in total. The summed E-state index contributed by atoms with van der Waals surface area (Å²) in [6, 6.07) is 5.85. The summed E-state index contributed by atoms with van der Waals surface area (Å²) >= 11 is 6.00. The molecule has 0 spiro atoms. The summed E-state index contributed by atoms with van der Waals surface area (Å²) in [5.41, 5.74) is 3.44. The summed E-state index contributed by atoms with van der Waals surface area (Å²) in [4.78, 5) is 4.58. The molecule has 1 aromatic carbocycles. The van der Waals surface area contributed by atoms with Crippen molar-refractivity contribution in [2.75, 3.05) is 0 Å². The molecule has 0 N–H and O–H groups in total. The number of benzene rings is 1. The zero-order valence-electron chi connectivity index (χ0n) is 9.96. The van der Waals surface area contributed by atoms with Gasteiger partial charge in [0.15, 0.2) is 0 Å². The predicted octanol–water partition coefficient (Wildman–Crippen LogP) is 3.91. The van der Waals surface area contributed by atoms with Crippen LogP contribution in [-0.4, -0.2) is 11.1 Å². The summed E-state index contributed by atoms with van der Waals surface area (Å²) in [7, 11) is 0. The molecule has 17 heavy (non-hydrogen) atoms. The topological polar surface area (TPSA) is 22.1 Å². The minimum atomic E-state index is 0.256. The van der Waals surface area contributed by atoms with E-state index in [1.54, 1.807) is 0 Å². The molecule has 1 aromatic heterocycles. The van der Waals surface area contributed by atoms with Crippen molar-refractivity contribution in [3.8, 4) is 5.88 Å². The lowest BCUT2D eigenvalue weighted by atomic mass is 9.98. The van der Waals surface area contributed by atoms with Gasteiger partial charge in [-0.2, -0.15) is 0 Å². The first kappa shape index (κ1) is 10.8. The maximum absolute atomic E-state index is 6.00. The van der Waals surface area contributed by atoms with Crippen molar-refractivity contribution in [2.24, 2.45) is 0 Å². The number of hydrogen-bond donors (Lipinski definition) is 0. The van der Waals surface area contributed by atoms with Crippen LogP contribution in [-0.2, 0) is 6.42 Å². The van der Waals surface area contributed by atoms with E-state index in [1.165, 1.54) is 16.5 Å².